The monoisotopic (exact) mass is 352 g/mol. The molecule has 1 saturated heterocycles. The van der Waals surface area contributed by atoms with Gasteiger partial charge < -0.3 is 15.0 Å². The van der Waals surface area contributed by atoms with Crippen molar-refractivity contribution in [2.45, 2.75) is 51.7 Å². The van der Waals surface area contributed by atoms with Crippen LogP contribution in [-0.2, 0) is 19.1 Å². The second-order valence-electron chi connectivity index (χ2n) is 5.91. The number of nitrogens with zero attached hydrogens (tertiary/aromatic N) is 3. The minimum Gasteiger partial charge on any atom is -0.451 e. The number of nitriles is 1. The predicted molar refractivity (Wildman–Crippen MR) is 87.0 cm³/mol. The van der Waals surface area contributed by atoms with E-state index in [1.807, 2.05) is 6.07 Å². The summed E-state index contributed by atoms with van der Waals surface area (Å²) < 4.78 is 5.02. The summed E-state index contributed by atoms with van der Waals surface area (Å²) in [5.41, 5.74) is -0.990. The maximum atomic E-state index is 12.4. The Balaban J connectivity index is 2.65. The van der Waals surface area contributed by atoms with Gasteiger partial charge in [0.05, 0.1) is 12.5 Å². The van der Waals surface area contributed by atoms with Gasteiger partial charge in [-0.3, -0.25) is 19.3 Å². The van der Waals surface area contributed by atoms with E-state index in [1.165, 1.54) is 18.9 Å². The molecular weight excluding hydrogens is 328 g/mol. The van der Waals surface area contributed by atoms with Crippen LogP contribution in [0.2, 0.25) is 0 Å². The van der Waals surface area contributed by atoms with Crippen molar-refractivity contribution in [1.82, 2.24) is 15.1 Å². The highest BCUT2D eigenvalue weighted by molar-refractivity contribution is 6.08. The molecule has 1 N–H and O–H groups in total. The summed E-state index contributed by atoms with van der Waals surface area (Å²) in [6.07, 6.45) is -0.0724. The number of esters is 1. The normalized spacial score (nSPS) is 16.8. The van der Waals surface area contributed by atoms with Gasteiger partial charge in [0.2, 0.25) is 0 Å². The topological polar surface area (TPSA) is 120 Å². The van der Waals surface area contributed by atoms with E-state index in [9.17, 15) is 19.2 Å². The van der Waals surface area contributed by atoms with Crippen molar-refractivity contribution in [3.05, 3.63) is 0 Å². The van der Waals surface area contributed by atoms with Crippen LogP contribution in [0.4, 0.5) is 4.79 Å². The quantitative estimate of drug-likeness (QED) is 0.499. The van der Waals surface area contributed by atoms with Crippen molar-refractivity contribution in [1.29, 1.82) is 5.26 Å². The number of urea groups is 1. The fourth-order valence-electron chi connectivity index (χ4n) is 2.60. The Bertz CT molecular complexity index is 594. The molecule has 1 fully saturated rings. The number of rotatable bonds is 8. The van der Waals surface area contributed by atoms with Crippen LogP contribution in [-0.4, -0.2) is 65.4 Å². The molecule has 9 nitrogen and oxygen atoms in total. The fraction of sp³-hybridized carbons (Fsp3) is 0.688. The minimum atomic E-state index is -1.07. The molecule has 1 atom stereocenters. The van der Waals surface area contributed by atoms with Gasteiger partial charge in [-0.1, -0.05) is 13.8 Å². The Morgan fingerprint density at radius 1 is 1.36 bits per heavy atom. The maximum Gasteiger partial charge on any atom is 0.327 e. The van der Waals surface area contributed by atoms with Crippen LogP contribution >= 0.6 is 0 Å². The average molecular weight is 352 g/mol. The first-order valence-corrected chi connectivity index (χ1v) is 8.17. The third-order valence-corrected chi connectivity index (χ3v) is 4.33. The molecule has 1 heterocycles. The molecule has 0 spiro atoms. The molecule has 0 radical (unpaired) electrons. The number of imide groups is 1. The minimum absolute atomic E-state index is 0.168. The van der Waals surface area contributed by atoms with Crippen LogP contribution in [0.25, 0.3) is 0 Å². The number of hydrogen-bond donors (Lipinski definition) is 1. The predicted octanol–water partition coefficient (Wildman–Crippen LogP) is 0.401. The van der Waals surface area contributed by atoms with Crippen molar-refractivity contribution in [3.8, 4) is 6.07 Å². The molecule has 0 aliphatic carbocycles. The maximum absolute atomic E-state index is 12.4. The van der Waals surface area contributed by atoms with Crippen LogP contribution in [0.5, 0.6) is 0 Å². The first-order chi connectivity index (χ1) is 11.7. The molecule has 25 heavy (non-hydrogen) atoms. The average Bonchev–Trinajstić information content (AvgIpc) is 2.83. The number of likely N-dealkylation sites (N-methyl/N-ethyl adjacent to an activating group) is 1. The van der Waals surface area contributed by atoms with Gasteiger partial charge in [-0.25, -0.2) is 4.79 Å². The highest BCUT2D eigenvalue weighted by Gasteiger charge is 2.49. The van der Waals surface area contributed by atoms with E-state index in [1.54, 1.807) is 13.8 Å². The number of hydrogen-bond acceptors (Lipinski definition) is 6. The lowest BCUT2D eigenvalue weighted by atomic mass is 9.93. The largest absolute Gasteiger partial charge is 0.451 e. The molecule has 1 aliphatic rings. The van der Waals surface area contributed by atoms with Gasteiger partial charge in [0.15, 0.2) is 6.10 Å². The number of nitrogens with one attached hydrogen (secondary N) is 1. The zero-order valence-electron chi connectivity index (χ0n) is 15.0. The molecule has 0 aromatic carbocycles. The second-order valence-corrected chi connectivity index (χ2v) is 5.91. The fourth-order valence-corrected chi connectivity index (χ4v) is 2.60. The third-order valence-electron chi connectivity index (χ3n) is 4.33. The van der Waals surface area contributed by atoms with Gasteiger partial charge in [0.1, 0.15) is 12.1 Å². The molecule has 138 valence electrons. The highest BCUT2D eigenvalue weighted by Crippen LogP contribution is 2.24. The highest BCUT2D eigenvalue weighted by atomic mass is 16.5. The standard InChI is InChI=1S/C16H24N4O5/c1-5-16(6-2)14(23)20(15(24)18-16)10-12(21)25-11(3)13(22)19(4)9-7-8-17/h11H,5-7,9-10H2,1-4H3,(H,18,24)/t11-/m1/s1. The van der Waals surface area contributed by atoms with Crippen molar-refractivity contribution in [2.75, 3.05) is 20.1 Å². The van der Waals surface area contributed by atoms with Crippen molar-refractivity contribution in [2.24, 2.45) is 0 Å². The Morgan fingerprint density at radius 3 is 2.44 bits per heavy atom. The Morgan fingerprint density at radius 2 is 1.96 bits per heavy atom. The molecular formula is C16H24N4O5. The molecule has 0 bridgehead atoms. The van der Waals surface area contributed by atoms with Crippen molar-refractivity contribution < 1.29 is 23.9 Å². The molecule has 1 aliphatic heterocycles. The second kappa shape index (κ2) is 8.46. The number of carbonyl (C=O) groups is 4. The van der Waals surface area contributed by atoms with Crippen LogP contribution in [0.1, 0.15) is 40.0 Å². The van der Waals surface area contributed by atoms with E-state index in [-0.39, 0.29) is 13.0 Å². The zero-order chi connectivity index (χ0) is 19.2. The first kappa shape index (κ1) is 20.4. The molecule has 4 amide bonds. The first-order valence-electron chi connectivity index (χ1n) is 8.17. The van der Waals surface area contributed by atoms with Gasteiger partial charge >= 0.3 is 12.0 Å². The summed E-state index contributed by atoms with van der Waals surface area (Å²) in [7, 11) is 1.50. The SMILES string of the molecule is CCC1(CC)NC(=O)N(CC(=O)O[C@H](C)C(=O)N(C)CCC#N)C1=O. The lowest BCUT2D eigenvalue weighted by molar-refractivity contribution is -0.159. The lowest BCUT2D eigenvalue weighted by Crippen LogP contribution is -2.46. The molecule has 9 heteroatoms. The van der Waals surface area contributed by atoms with Crippen molar-refractivity contribution >= 4 is 23.8 Å². The van der Waals surface area contributed by atoms with Gasteiger partial charge in [-0.05, 0) is 19.8 Å². The van der Waals surface area contributed by atoms with Crippen LogP contribution in [0.3, 0.4) is 0 Å². The van der Waals surface area contributed by atoms with Crippen molar-refractivity contribution in [3.63, 3.8) is 0 Å². The molecule has 0 aromatic heterocycles. The van der Waals surface area contributed by atoms with E-state index >= 15 is 0 Å². The molecule has 0 saturated carbocycles. The van der Waals surface area contributed by atoms with Gasteiger partial charge in [0.25, 0.3) is 11.8 Å². The van der Waals surface area contributed by atoms with Crippen LogP contribution < -0.4 is 5.32 Å². The summed E-state index contributed by atoms with van der Waals surface area (Å²) in [5.74, 6) is -1.78. The van der Waals surface area contributed by atoms with E-state index in [0.717, 1.165) is 4.90 Å². The van der Waals surface area contributed by atoms with E-state index in [4.69, 9.17) is 10.00 Å². The molecule has 0 unspecified atom stereocenters. The van der Waals surface area contributed by atoms with Gasteiger partial charge in [-0.15, -0.1) is 0 Å². The van der Waals surface area contributed by atoms with E-state index < -0.39 is 42.0 Å². The zero-order valence-corrected chi connectivity index (χ0v) is 15.0. The Hall–Kier alpha value is -2.63. The van der Waals surface area contributed by atoms with Crippen LogP contribution in [0, 0.1) is 11.3 Å². The van der Waals surface area contributed by atoms with E-state index in [2.05, 4.69) is 5.32 Å². The smallest absolute Gasteiger partial charge is 0.327 e. The Kier molecular flexibility index (Phi) is 6.91. The summed E-state index contributed by atoms with van der Waals surface area (Å²) in [4.78, 5) is 50.5. The van der Waals surface area contributed by atoms with Gasteiger partial charge in [-0.2, -0.15) is 5.26 Å². The number of ether oxygens (including phenoxy) is 1. The summed E-state index contributed by atoms with van der Waals surface area (Å²) in [6, 6.07) is 1.28. The van der Waals surface area contributed by atoms with Crippen LogP contribution in [0.15, 0.2) is 0 Å². The number of carbonyl (C=O) groups excluding carboxylic acids is 4. The van der Waals surface area contributed by atoms with E-state index in [0.29, 0.717) is 12.8 Å². The summed E-state index contributed by atoms with van der Waals surface area (Å²) >= 11 is 0. The summed E-state index contributed by atoms with van der Waals surface area (Å²) in [6.45, 7) is 4.63. The number of amides is 4. The lowest BCUT2D eigenvalue weighted by Gasteiger charge is -2.23. The molecule has 1 rings (SSSR count). The van der Waals surface area contributed by atoms with Gasteiger partial charge in [0, 0.05) is 13.6 Å². The Labute approximate surface area is 146 Å². The third kappa shape index (κ3) is 4.47. The summed E-state index contributed by atoms with van der Waals surface area (Å²) in [5, 5.41) is 11.1. The molecule has 0 aromatic rings.